The van der Waals surface area contributed by atoms with Crippen molar-refractivity contribution in [2.75, 3.05) is 5.73 Å². The lowest BCUT2D eigenvalue weighted by molar-refractivity contribution is 0.530. The first-order chi connectivity index (χ1) is 9.94. The second kappa shape index (κ2) is 5.27. The van der Waals surface area contributed by atoms with Crippen LogP contribution in [0.4, 0.5) is 5.82 Å². The zero-order valence-electron chi connectivity index (χ0n) is 11.9. The minimum atomic E-state index is -3.49. The van der Waals surface area contributed by atoms with Crippen LogP contribution in [0.1, 0.15) is 26.2 Å². The maximum absolute atomic E-state index is 12.4. The van der Waals surface area contributed by atoms with Crippen molar-refractivity contribution in [1.82, 2.24) is 9.71 Å². The van der Waals surface area contributed by atoms with Crippen molar-refractivity contribution in [1.29, 1.82) is 0 Å². The first-order valence-corrected chi connectivity index (χ1v) is 8.61. The standard InChI is InChI=1S/C15H19N3O2S/c1-10(8-11-2-3-11)18-21(19,20)13-5-6-14-12(9-13)4-7-15(16)17-14/h4-7,9-11,18H,2-3,8H2,1H3,(H2,16,17). The van der Waals surface area contributed by atoms with E-state index in [4.69, 9.17) is 5.73 Å². The van der Waals surface area contributed by atoms with E-state index in [0.717, 1.165) is 11.8 Å². The highest BCUT2D eigenvalue weighted by atomic mass is 32.2. The van der Waals surface area contributed by atoms with Crippen LogP contribution in [0.25, 0.3) is 10.9 Å². The van der Waals surface area contributed by atoms with E-state index >= 15 is 0 Å². The van der Waals surface area contributed by atoms with Crippen molar-refractivity contribution in [3.8, 4) is 0 Å². The number of nitrogens with one attached hydrogen (secondary N) is 1. The molecule has 2 aromatic rings. The van der Waals surface area contributed by atoms with Crippen LogP contribution in [0, 0.1) is 5.92 Å². The van der Waals surface area contributed by atoms with E-state index in [0.29, 0.717) is 17.3 Å². The molecule has 1 aliphatic carbocycles. The number of fused-ring (bicyclic) bond motifs is 1. The van der Waals surface area contributed by atoms with Crippen molar-refractivity contribution in [2.24, 2.45) is 5.92 Å². The summed E-state index contributed by atoms with van der Waals surface area (Å²) in [5.41, 5.74) is 6.32. The van der Waals surface area contributed by atoms with Gasteiger partial charge in [0.2, 0.25) is 10.0 Å². The normalized spacial score (nSPS) is 17.0. The van der Waals surface area contributed by atoms with Crippen LogP contribution < -0.4 is 10.5 Å². The number of sulfonamides is 1. The molecule has 0 radical (unpaired) electrons. The predicted molar refractivity (Wildman–Crippen MR) is 83.3 cm³/mol. The topological polar surface area (TPSA) is 85.1 Å². The molecule has 1 aliphatic rings. The first kappa shape index (κ1) is 14.3. The van der Waals surface area contributed by atoms with Gasteiger partial charge >= 0.3 is 0 Å². The van der Waals surface area contributed by atoms with Gasteiger partial charge in [-0.05, 0) is 49.6 Å². The number of anilines is 1. The SMILES string of the molecule is CC(CC1CC1)NS(=O)(=O)c1ccc2nc(N)ccc2c1. The van der Waals surface area contributed by atoms with Crippen LogP contribution in [0.15, 0.2) is 35.2 Å². The lowest BCUT2D eigenvalue weighted by Crippen LogP contribution is -2.32. The van der Waals surface area contributed by atoms with Gasteiger partial charge in [0.15, 0.2) is 0 Å². The molecule has 1 fully saturated rings. The predicted octanol–water partition coefficient (Wildman–Crippen LogP) is 2.28. The van der Waals surface area contributed by atoms with Crippen molar-refractivity contribution >= 4 is 26.7 Å². The summed E-state index contributed by atoms with van der Waals surface area (Å²) < 4.78 is 27.5. The number of nitrogens with zero attached hydrogens (tertiary/aromatic N) is 1. The molecule has 3 rings (SSSR count). The van der Waals surface area contributed by atoms with Gasteiger partial charge in [0, 0.05) is 11.4 Å². The van der Waals surface area contributed by atoms with Gasteiger partial charge in [-0.1, -0.05) is 12.8 Å². The molecule has 1 heterocycles. The summed E-state index contributed by atoms with van der Waals surface area (Å²) in [6.45, 7) is 1.92. The van der Waals surface area contributed by atoms with Gasteiger partial charge in [-0.25, -0.2) is 18.1 Å². The Labute approximate surface area is 124 Å². The lowest BCUT2D eigenvalue weighted by atomic mass is 10.2. The summed E-state index contributed by atoms with van der Waals surface area (Å²) >= 11 is 0. The van der Waals surface area contributed by atoms with Gasteiger partial charge in [-0.2, -0.15) is 0 Å². The molecule has 1 saturated carbocycles. The van der Waals surface area contributed by atoms with Crippen molar-refractivity contribution in [2.45, 2.75) is 37.1 Å². The largest absolute Gasteiger partial charge is 0.384 e. The molecule has 21 heavy (non-hydrogen) atoms. The van der Waals surface area contributed by atoms with Gasteiger partial charge in [0.05, 0.1) is 10.4 Å². The van der Waals surface area contributed by atoms with Crippen molar-refractivity contribution in [3.63, 3.8) is 0 Å². The highest BCUT2D eigenvalue weighted by Gasteiger charge is 2.26. The monoisotopic (exact) mass is 305 g/mol. The van der Waals surface area contributed by atoms with E-state index in [2.05, 4.69) is 9.71 Å². The van der Waals surface area contributed by atoms with E-state index in [1.807, 2.05) is 6.92 Å². The second-order valence-electron chi connectivity index (χ2n) is 5.79. The van der Waals surface area contributed by atoms with Crippen LogP contribution in [-0.2, 0) is 10.0 Å². The van der Waals surface area contributed by atoms with E-state index in [1.54, 1.807) is 30.3 Å². The third-order valence-corrected chi connectivity index (χ3v) is 5.32. The highest BCUT2D eigenvalue weighted by Crippen LogP contribution is 2.33. The molecule has 1 atom stereocenters. The number of hydrogen-bond donors (Lipinski definition) is 2. The molecule has 112 valence electrons. The lowest BCUT2D eigenvalue weighted by Gasteiger charge is -2.14. The Balaban J connectivity index is 1.85. The van der Waals surface area contributed by atoms with Gasteiger partial charge in [0.25, 0.3) is 0 Å². The summed E-state index contributed by atoms with van der Waals surface area (Å²) in [4.78, 5) is 4.44. The molecule has 6 heteroatoms. The number of nitrogens with two attached hydrogens (primary N) is 1. The Morgan fingerprint density at radius 2 is 2.10 bits per heavy atom. The summed E-state index contributed by atoms with van der Waals surface area (Å²) in [5, 5.41) is 0.766. The van der Waals surface area contributed by atoms with Crippen LogP contribution in [-0.4, -0.2) is 19.4 Å². The molecule has 0 aliphatic heterocycles. The molecule has 0 spiro atoms. The molecule has 1 aromatic heterocycles. The highest BCUT2D eigenvalue weighted by molar-refractivity contribution is 7.89. The fraction of sp³-hybridized carbons (Fsp3) is 0.400. The van der Waals surface area contributed by atoms with E-state index in [1.165, 1.54) is 12.8 Å². The van der Waals surface area contributed by atoms with Gasteiger partial charge in [-0.15, -0.1) is 0 Å². The Bertz CT molecular complexity index is 770. The molecule has 3 N–H and O–H groups in total. The minimum absolute atomic E-state index is 0.0391. The van der Waals surface area contributed by atoms with Gasteiger partial charge < -0.3 is 5.73 Å². The molecular weight excluding hydrogens is 286 g/mol. The molecule has 1 aromatic carbocycles. The molecule has 0 bridgehead atoms. The Hall–Kier alpha value is -1.66. The molecule has 0 saturated heterocycles. The summed E-state index contributed by atoms with van der Waals surface area (Å²) in [6.07, 6.45) is 3.34. The smallest absolute Gasteiger partial charge is 0.240 e. The van der Waals surface area contributed by atoms with Crippen LogP contribution >= 0.6 is 0 Å². The first-order valence-electron chi connectivity index (χ1n) is 7.13. The number of hydrogen-bond acceptors (Lipinski definition) is 4. The molecule has 5 nitrogen and oxygen atoms in total. The fourth-order valence-electron chi connectivity index (χ4n) is 2.52. The minimum Gasteiger partial charge on any atom is -0.384 e. The Morgan fingerprint density at radius 3 is 2.81 bits per heavy atom. The average Bonchev–Trinajstić information content (AvgIpc) is 3.21. The molecule has 1 unspecified atom stereocenters. The van der Waals surface area contributed by atoms with Crippen LogP contribution in [0.5, 0.6) is 0 Å². The summed E-state index contributed by atoms with van der Waals surface area (Å²) in [5.74, 6) is 1.11. The number of pyridine rings is 1. The van der Waals surface area contributed by atoms with Crippen LogP contribution in [0.3, 0.4) is 0 Å². The second-order valence-corrected chi connectivity index (χ2v) is 7.51. The number of benzene rings is 1. The van der Waals surface area contributed by atoms with Crippen LogP contribution in [0.2, 0.25) is 0 Å². The van der Waals surface area contributed by atoms with Crippen molar-refractivity contribution < 1.29 is 8.42 Å². The quantitative estimate of drug-likeness (QED) is 0.887. The van der Waals surface area contributed by atoms with E-state index in [9.17, 15) is 8.42 Å². The molecule has 0 amide bonds. The Morgan fingerprint density at radius 1 is 1.33 bits per heavy atom. The van der Waals surface area contributed by atoms with Crippen molar-refractivity contribution in [3.05, 3.63) is 30.3 Å². The van der Waals surface area contributed by atoms with E-state index < -0.39 is 10.0 Å². The summed E-state index contributed by atoms with van der Waals surface area (Å²) in [7, 11) is -3.49. The summed E-state index contributed by atoms with van der Waals surface area (Å²) in [6, 6.07) is 8.30. The fourth-order valence-corrected chi connectivity index (χ4v) is 3.81. The zero-order valence-corrected chi connectivity index (χ0v) is 12.7. The molecular formula is C15H19N3O2S. The third-order valence-electron chi connectivity index (χ3n) is 3.73. The Kier molecular flexibility index (Phi) is 3.59. The van der Waals surface area contributed by atoms with E-state index in [-0.39, 0.29) is 10.9 Å². The van der Waals surface area contributed by atoms with Gasteiger partial charge in [-0.3, -0.25) is 0 Å². The number of aromatic nitrogens is 1. The number of nitrogen functional groups attached to an aromatic ring is 1. The number of rotatable bonds is 5. The zero-order chi connectivity index (χ0) is 15.0. The maximum atomic E-state index is 12.4. The maximum Gasteiger partial charge on any atom is 0.240 e. The van der Waals surface area contributed by atoms with Gasteiger partial charge in [0.1, 0.15) is 5.82 Å². The average molecular weight is 305 g/mol. The third kappa shape index (κ3) is 3.33.